The normalized spacial score (nSPS) is 10.4. The molecule has 3 aromatic rings. The average Bonchev–Trinajstić information content (AvgIpc) is 3.08. The van der Waals surface area contributed by atoms with Gasteiger partial charge in [-0.1, -0.05) is 24.3 Å². The second-order valence-corrected chi connectivity index (χ2v) is 6.21. The monoisotopic (exact) mass is 354 g/mol. The van der Waals surface area contributed by atoms with E-state index in [1.807, 2.05) is 48.5 Å². The van der Waals surface area contributed by atoms with Crippen molar-refractivity contribution in [1.82, 2.24) is 4.98 Å². The first-order chi connectivity index (χ1) is 12.1. The van der Waals surface area contributed by atoms with Crippen LogP contribution in [0.1, 0.15) is 11.3 Å². The SMILES string of the molecule is COc1ccc(OCc2ccc(-c3nc(CC(=O)[O-])cs3)cc2)cc1. The summed E-state index contributed by atoms with van der Waals surface area (Å²) in [5, 5.41) is 13.1. The third-order valence-electron chi connectivity index (χ3n) is 3.54. The molecule has 0 aliphatic rings. The zero-order valence-electron chi connectivity index (χ0n) is 13.6. The number of hydrogen-bond donors (Lipinski definition) is 0. The lowest BCUT2D eigenvalue weighted by molar-refractivity contribution is -0.304. The van der Waals surface area contributed by atoms with Crippen molar-refractivity contribution in [2.45, 2.75) is 13.0 Å². The number of carbonyl (C=O) groups is 1. The highest BCUT2D eigenvalue weighted by molar-refractivity contribution is 7.13. The van der Waals surface area contributed by atoms with E-state index in [0.717, 1.165) is 27.6 Å². The van der Waals surface area contributed by atoms with Gasteiger partial charge in [0.25, 0.3) is 0 Å². The summed E-state index contributed by atoms with van der Waals surface area (Å²) in [4.78, 5) is 14.9. The number of benzene rings is 2. The number of carboxylic acid groups (broad SMARTS) is 1. The summed E-state index contributed by atoms with van der Waals surface area (Å²) >= 11 is 1.42. The molecule has 0 spiro atoms. The second kappa shape index (κ2) is 7.81. The van der Waals surface area contributed by atoms with Crippen LogP contribution < -0.4 is 14.6 Å². The van der Waals surface area contributed by atoms with Gasteiger partial charge in [0, 0.05) is 23.3 Å². The number of aliphatic carboxylic acids is 1. The fourth-order valence-corrected chi connectivity index (χ4v) is 3.08. The van der Waals surface area contributed by atoms with Crippen LogP contribution >= 0.6 is 11.3 Å². The van der Waals surface area contributed by atoms with Gasteiger partial charge in [0.1, 0.15) is 23.1 Å². The molecule has 0 aliphatic heterocycles. The van der Waals surface area contributed by atoms with E-state index in [4.69, 9.17) is 9.47 Å². The Morgan fingerprint density at radius 3 is 2.40 bits per heavy atom. The van der Waals surface area contributed by atoms with Crippen LogP contribution in [0.25, 0.3) is 10.6 Å². The van der Waals surface area contributed by atoms with Crippen molar-refractivity contribution in [2.24, 2.45) is 0 Å². The van der Waals surface area contributed by atoms with Gasteiger partial charge < -0.3 is 19.4 Å². The molecule has 0 saturated carbocycles. The van der Waals surface area contributed by atoms with Crippen LogP contribution in [0.3, 0.4) is 0 Å². The molecule has 25 heavy (non-hydrogen) atoms. The van der Waals surface area contributed by atoms with Gasteiger partial charge in [-0.25, -0.2) is 4.98 Å². The Labute approximate surface area is 149 Å². The fraction of sp³-hybridized carbons (Fsp3) is 0.158. The van der Waals surface area contributed by atoms with E-state index in [-0.39, 0.29) is 6.42 Å². The number of rotatable bonds is 7. The number of ether oxygens (including phenoxy) is 2. The maximum absolute atomic E-state index is 10.6. The van der Waals surface area contributed by atoms with Crippen LogP contribution in [0.5, 0.6) is 11.5 Å². The predicted molar refractivity (Wildman–Crippen MR) is 93.6 cm³/mol. The smallest absolute Gasteiger partial charge is 0.123 e. The van der Waals surface area contributed by atoms with Gasteiger partial charge in [-0.05, 0) is 29.8 Å². The Morgan fingerprint density at radius 1 is 1.08 bits per heavy atom. The zero-order valence-corrected chi connectivity index (χ0v) is 14.4. The molecule has 2 aromatic carbocycles. The summed E-state index contributed by atoms with van der Waals surface area (Å²) in [6, 6.07) is 15.3. The van der Waals surface area contributed by atoms with E-state index in [2.05, 4.69) is 4.98 Å². The van der Waals surface area contributed by atoms with Crippen molar-refractivity contribution in [1.29, 1.82) is 0 Å². The first-order valence-electron chi connectivity index (χ1n) is 7.64. The van der Waals surface area contributed by atoms with Crippen molar-refractivity contribution in [3.63, 3.8) is 0 Å². The van der Waals surface area contributed by atoms with Crippen LogP contribution in [0, 0.1) is 0 Å². The molecule has 3 rings (SSSR count). The molecule has 0 saturated heterocycles. The minimum absolute atomic E-state index is 0.162. The van der Waals surface area contributed by atoms with Gasteiger partial charge in [0.15, 0.2) is 0 Å². The third-order valence-corrected chi connectivity index (χ3v) is 4.48. The molecule has 0 atom stereocenters. The highest BCUT2D eigenvalue weighted by Crippen LogP contribution is 2.25. The molecule has 0 amide bonds. The first-order valence-corrected chi connectivity index (χ1v) is 8.52. The molecule has 0 aliphatic carbocycles. The quantitative estimate of drug-likeness (QED) is 0.652. The minimum atomic E-state index is -1.12. The van der Waals surface area contributed by atoms with Crippen LogP contribution in [-0.2, 0) is 17.8 Å². The first kappa shape index (κ1) is 17.0. The Balaban J connectivity index is 1.61. The van der Waals surface area contributed by atoms with Gasteiger partial charge in [-0.2, -0.15) is 0 Å². The van der Waals surface area contributed by atoms with Gasteiger partial charge in [0.2, 0.25) is 0 Å². The topological polar surface area (TPSA) is 71.5 Å². The highest BCUT2D eigenvalue weighted by atomic mass is 32.1. The van der Waals surface area contributed by atoms with E-state index in [0.29, 0.717) is 12.3 Å². The summed E-state index contributed by atoms with van der Waals surface area (Å²) < 4.78 is 10.9. The molecule has 1 aromatic heterocycles. The molecule has 6 heteroatoms. The average molecular weight is 354 g/mol. The van der Waals surface area contributed by atoms with Crippen LogP contribution in [-0.4, -0.2) is 18.1 Å². The lowest BCUT2D eigenvalue weighted by Gasteiger charge is -2.07. The summed E-state index contributed by atoms with van der Waals surface area (Å²) in [6.45, 7) is 0.459. The van der Waals surface area contributed by atoms with Crippen molar-refractivity contribution >= 4 is 17.3 Å². The van der Waals surface area contributed by atoms with Crippen LogP contribution in [0.15, 0.2) is 53.9 Å². The number of carbonyl (C=O) groups excluding carboxylic acids is 1. The fourth-order valence-electron chi connectivity index (χ4n) is 2.25. The van der Waals surface area contributed by atoms with Gasteiger partial charge in [0.05, 0.1) is 12.8 Å². The number of methoxy groups -OCH3 is 1. The molecular formula is C19H16NO4S-. The second-order valence-electron chi connectivity index (χ2n) is 5.35. The van der Waals surface area contributed by atoms with E-state index in [1.165, 1.54) is 11.3 Å². The zero-order chi connectivity index (χ0) is 17.6. The predicted octanol–water partition coefficient (Wildman–Crippen LogP) is 2.69. The molecular weight excluding hydrogens is 338 g/mol. The van der Waals surface area contributed by atoms with E-state index in [9.17, 15) is 9.90 Å². The Bertz CT molecular complexity index is 841. The third kappa shape index (κ3) is 4.58. The molecule has 5 nitrogen and oxygen atoms in total. The number of aromatic nitrogens is 1. The lowest BCUT2D eigenvalue weighted by atomic mass is 10.1. The molecule has 128 valence electrons. The van der Waals surface area contributed by atoms with Gasteiger partial charge in [-0.15, -0.1) is 11.3 Å². The molecule has 0 fully saturated rings. The number of nitrogens with zero attached hydrogens (tertiary/aromatic N) is 1. The van der Waals surface area contributed by atoms with E-state index >= 15 is 0 Å². The summed E-state index contributed by atoms with van der Waals surface area (Å²) in [5.74, 6) is 0.442. The van der Waals surface area contributed by atoms with Gasteiger partial charge >= 0.3 is 0 Å². The summed E-state index contributed by atoms with van der Waals surface area (Å²) in [7, 11) is 1.63. The van der Waals surface area contributed by atoms with E-state index in [1.54, 1.807) is 12.5 Å². The largest absolute Gasteiger partial charge is 0.550 e. The number of thiazole rings is 1. The Morgan fingerprint density at radius 2 is 1.76 bits per heavy atom. The van der Waals surface area contributed by atoms with Crippen molar-refractivity contribution < 1.29 is 19.4 Å². The lowest BCUT2D eigenvalue weighted by Crippen LogP contribution is -2.24. The van der Waals surface area contributed by atoms with Crippen molar-refractivity contribution in [2.75, 3.05) is 7.11 Å². The summed E-state index contributed by atoms with van der Waals surface area (Å²) in [6.07, 6.45) is -0.162. The summed E-state index contributed by atoms with van der Waals surface area (Å²) in [5.41, 5.74) is 2.50. The molecule has 0 unspecified atom stereocenters. The van der Waals surface area contributed by atoms with Crippen molar-refractivity contribution in [3.8, 4) is 22.1 Å². The van der Waals surface area contributed by atoms with Crippen molar-refractivity contribution in [3.05, 3.63) is 65.2 Å². The molecule has 1 heterocycles. The van der Waals surface area contributed by atoms with Crippen LogP contribution in [0.4, 0.5) is 0 Å². The maximum atomic E-state index is 10.6. The Kier molecular flexibility index (Phi) is 5.30. The standard InChI is InChI=1S/C19H17NO4S/c1-23-16-6-8-17(9-7-16)24-11-13-2-4-14(5-3-13)19-20-15(12-25-19)10-18(21)22/h2-9,12H,10-11H2,1H3,(H,21,22)/p-1. The Hall–Kier alpha value is -2.86. The molecule has 0 N–H and O–H groups in total. The van der Waals surface area contributed by atoms with E-state index < -0.39 is 5.97 Å². The number of carboxylic acids is 1. The number of hydrogen-bond acceptors (Lipinski definition) is 6. The molecule has 0 bridgehead atoms. The highest BCUT2D eigenvalue weighted by Gasteiger charge is 2.05. The molecule has 0 radical (unpaired) electrons. The van der Waals surface area contributed by atoms with Crippen LogP contribution in [0.2, 0.25) is 0 Å². The minimum Gasteiger partial charge on any atom is -0.550 e. The van der Waals surface area contributed by atoms with Gasteiger partial charge in [-0.3, -0.25) is 0 Å². The maximum Gasteiger partial charge on any atom is 0.123 e.